The minimum absolute atomic E-state index is 0.0991. The molecule has 0 aliphatic carbocycles. The summed E-state index contributed by atoms with van der Waals surface area (Å²) in [7, 11) is 0. The summed E-state index contributed by atoms with van der Waals surface area (Å²) in [6.45, 7) is 1.94. The summed E-state index contributed by atoms with van der Waals surface area (Å²) in [5.74, 6) is -0.477. The maximum Gasteiger partial charge on any atom is 0.292 e. The number of halogens is 2. The van der Waals surface area contributed by atoms with Crippen molar-refractivity contribution in [2.75, 3.05) is 31.1 Å². The molecule has 1 amide bonds. The van der Waals surface area contributed by atoms with E-state index in [1.165, 1.54) is 28.2 Å². The first kappa shape index (κ1) is 22.2. The van der Waals surface area contributed by atoms with Crippen LogP contribution in [-0.4, -0.2) is 51.8 Å². The Hall–Kier alpha value is -3.56. The summed E-state index contributed by atoms with van der Waals surface area (Å²) >= 11 is 7.77. The lowest BCUT2D eigenvalue weighted by Gasteiger charge is -2.35. The van der Waals surface area contributed by atoms with Gasteiger partial charge >= 0.3 is 0 Å². The maximum atomic E-state index is 13.2. The SMILES string of the molecule is O=C(c1csc(-c2ccc(F)cc2)n1)N1CCN(c2cnn(-c3ccccc3)c(=O)c2Cl)CC1. The van der Waals surface area contributed by atoms with E-state index in [4.69, 9.17) is 11.6 Å². The first-order valence-corrected chi connectivity index (χ1v) is 11.9. The van der Waals surface area contributed by atoms with E-state index in [0.29, 0.717) is 48.3 Å². The third-order valence-electron chi connectivity index (χ3n) is 5.62. The highest BCUT2D eigenvalue weighted by molar-refractivity contribution is 7.13. The van der Waals surface area contributed by atoms with Gasteiger partial charge in [0.05, 0.1) is 17.6 Å². The highest BCUT2D eigenvalue weighted by atomic mass is 35.5. The monoisotopic (exact) mass is 495 g/mol. The van der Waals surface area contributed by atoms with Gasteiger partial charge in [0, 0.05) is 37.1 Å². The first-order valence-electron chi connectivity index (χ1n) is 10.6. The molecule has 0 N–H and O–H groups in total. The molecule has 0 radical (unpaired) electrons. The molecule has 2 aromatic carbocycles. The average molecular weight is 496 g/mol. The van der Waals surface area contributed by atoms with Gasteiger partial charge in [-0.25, -0.2) is 9.37 Å². The number of nitrogens with zero attached hydrogens (tertiary/aromatic N) is 5. The van der Waals surface area contributed by atoms with Crippen LogP contribution in [0.15, 0.2) is 71.0 Å². The lowest BCUT2D eigenvalue weighted by Crippen LogP contribution is -2.49. The highest BCUT2D eigenvalue weighted by Gasteiger charge is 2.26. The Balaban J connectivity index is 1.27. The van der Waals surface area contributed by atoms with Crippen molar-refractivity contribution < 1.29 is 9.18 Å². The van der Waals surface area contributed by atoms with Crippen molar-refractivity contribution in [1.29, 1.82) is 0 Å². The molecule has 34 heavy (non-hydrogen) atoms. The number of para-hydroxylation sites is 1. The number of anilines is 1. The predicted molar refractivity (Wildman–Crippen MR) is 130 cm³/mol. The molecule has 1 saturated heterocycles. The van der Waals surface area contributed by atoms with Crippen molar-refractivity contribution in [3.63, 3.8) is 0 Å². The molecular formula is C24H19ClFN5O2S. The van der Waals surface area contributed by atoms with Gasteiger partial charge in [0.15, 0.2) is 0 Å². The van der Waals surface area contributed by atoms with E-state index in [1.807, 2.05) is 23.1 Å². The molecule has 0 spiro atoms. The summed E-state index contributed by atoms with van der Waals surface area (Å²) in [6.07, 6.45) is 1.59. The molecule has 1 aliphatic heterocycles. The Morgan fingerprint density at radius 3 is 2.41 bits per heavy atom. The van der Waals surface area contributed by atoms with E-state index in [0.717, 1.165) is 5.56 Å². The smallest absolute Gasteiger partial charge is 0.292 e. The minimum atomic E-state index is -0.389. The Kier molecular flexibility index (Phi) is 6.12. The van der Waals surface area contributed by atoms with Gasteiger partial charge in [-0.05, 0) is 36.4 Å². The average Bonchev–Trinajstić information content (AvgIpc) is 3.37. The maximum absolute atomic E-state index is 13.2. The van der Waals surface area contributed by atoms with Crippen molar-refractivity contribution >= 4 is 34.5 Å². The van der Waals surface area contributed by atoms with Gasteiger partial charge in [0.1, 0.15) is 21.5 Å². The molecule has 1 fully saturated rings. The van der Waals surface area contributed by atoms with Gasteiger partial charge in [-0.3, -0.25) is 9.59 Å². The van der Waals surface area contributed by atoms with Crippen LogP contribution in [-0.2, 0) is 0 Å². The number of thiazole rings is 1. The molecule has 0 unspecified atom stereocenters. The van der Waals surface area contributed by atoms with Crippen LogP contribution in [0.3, 0.4) is 0 Å². The topological polar surface area (TPSA) is 71.3 Å². The first-order chi connectivity index (χ1) is 16.5. The van der Waals surface area contributed by atoms with Crippen molar-refractivity contribution in [3.05, 3.63) is 93.1 Å². The minimum Gasteiger partial charge on any atom is -0.365 e. The number of rotatable bonds is 4. The number of hydrogen-bond donors (Lipinski definition) is 0. The lowest BCUT2D eigenvalue weighted by molar-refractivity contribution is 0.0741. The molecule has 4 aromatic rings. The van der Waals surface area contributed by atoms with E-state index >= 15 is 0 Å². The van der Waals surface area contributed by atoms with Crippen LogP contribution < -0.4 is 10.5 Å². The Labute approximate surface area is 203 Å². The molecular weight excluding hydrogens is 477 g/mol. The van der Waals surface area contributed by atoms with Crippen LogP contribution in [0.1, 0.15) is 10.5 Å². The van der Waals surface area contributed by atoms with E-state index in [9.17, 15) is 14.0 Å². The zero-order valence-corrected chi connectivity index (χ0v) is 19.5. The van der Waals surface area contributed by atoms with Crippen molar-refractivity contribution in [1.82, 2.24) is 19.7 Å². The lowest BCUT2D eigenvalue weighted by atomic mass is 10.2. The molecule has 7 nitrogen and oxygen atoms in total. The molecule has 0 saturated carbocycles. The molecule has 10 heteroatoms. The number of piperazine rings is 1. The van der Waals surface area contributed by atoms with Gasteiger partial charge in [-0.2, -0.15) is 9.78 Å². The largest absolute Gasteiger partial charge is 0.365 e. The fraction of sp³-hybridized carbons (Fsp3) is 0.167. The fourth-order valence-corrected chi connectivity index (χ4v) is 4.86. The number of carbonyl (C=O) groups excluding carboxylic acids is 1. The van der Waals surface area contributed by atoms with Crippen molar-refractivity contribution in [3.8, 4) is 16.3 Å². The zero-order chi connectivity index (χ0) is 23.7. The van der Waals surface area contributed by atoms with Gasteiger partial charge in [0.2, 0.25) is 0 Å². The third kappa shape index (κ3) is 4.32. The molecule has 0 bridgehead atoms. The predicted octanol–water partition coefficient (Wildman–Crippen LogP) is 4.11. The summed E-state index contributed by atoms with van der Waals surface area (Å²) in [6, 6.07) is 15.1. The molecule has 172 valence electrons. The quantitative estimate of drug-likeness (QED) is 0.426. The Morgan fingerprint density at radius 1 is 1.00 bits per heavy atom. The Morgan fingerprint density at radius 2 is 1.71 bits per heavy atom. The van der Waals surface area contributed by atoms with Crippen LogP contribution in [0.25, 0.3) is 16.3 Å². The van der Waals surface area contributed by atoms with Crippen LogP contribution in [0, 0.1) is 5.82 Å². The van der Waals surface area contributed by atoms with Crippen LogP contribution >= 0.6 is 22.9 Å². The fourth-order valence-electron chi connectivity index (χ4n) is 3.81. The Bertz CT molecular complexity index is 1380. The van der Waals surface area contributed by atoms with E-state index in [1.54, 1.807) is 40.7 Å². The number of aromatic nitrogens is 3. The molecule has 3 heterocycles. The second-order valence-electron chi connectivity index (χ2n) is 7.72. The van der Waals surface area contributed by atoms with E-state index in [-0.39, 0.29) is 22.3 Å². The summed E-state index contributed by atoms with van der Waals surface area (Å²) in [5.41, 5.74) is 1.93. The summed E-state index contributed by atoms with van der Waals surface area (Å²) < 4.78 is 14.4. The number of hydrogen-bond acceptors (Lipinski definition) is 6. The second kappa shape index (κ2) is 9.36. The highest BCUT2D eigenvalue weighted by Crippen LogP contribution is 2.26. The zero-order valence-electron chi connectivity index (χ0n) is 17.9. The van der Waals surface area contributed by atoms with Gasteiger partial charge in [-0.15, -0.1) is 11.3 Å². The number of amides is 1. The molecule has 2 aromatic heterocycles. The molecule has 1 aliphatic rings. The third-order valence-corrected chi connectivity index (χ3v) is 6.87. The van der Waals surface area contributed by atoms with Gasteiger partial charge in [0.25, 0.3) is 11.5 Å². The van der Waals surface area contributed by atoms with Gasteiger partial charge < -0.3 is 9.80 Å². The van der Waals surface area contributed by atoms with Crippen LogP contribution in [0.2, 0.25) is 5.02 Å². The number of carbonyl (C=O) groups is 1. The van der Waals surface area contributed by atoms with Crippen LogP contribution in [0.5, 0.6) is 0 Å². The summed E-state index contributed by atoms with van der Waals surface area (Å²) in [4.78, 5) is 33.9. The number of benzene rings is 2. The van der Waals surface area contributed by atoms with E-state index in [2.05, 4.69) is 10.1 Å². The standard InChI is InChI=1S/C24H19ClFN5O2S/c25-21-20(14-27-31(24(21)33)18-4-2-1-3-5-18)29-10-12-30(13-11-29)23(32)19-15-34-22(28-19)16-6-8-17(26)9-7-16/h1-9,14-15H,10-13H2. The second-order valence-corrected chi connectivity index (χ2v) is 8.96. The van der Waals surface area contributed by atoms with Gasteiger partial charge in [-0.1, -0.05) is 29.8 Å². The molecule has 0 atom stereocenters. The summed E-state index contributed by atoms with van der Waals surface area (Å²) in [5, 5.41) is 6.77. The van der Waals surface area contributed by atoms with E-state index < -0.39 is 0 Å². The molecule has 5 rings (SSSR count). The van der Waals surface area contributed by atoms with Crippen LogP contribution in [0.4, 0.5) is 10.1 Å². The van der Waals surface area contributed by atoms with Crippen molar-refractivity contribution in [2.24, 2.45) is 0 Å². The normalized spacial score (nSPS) is 13.8. The van der Waals surface area contributed by atoms with Crippen molar-refractivity contribution in [2.45, 2.75) is 0 Å².